The molecule has 1 amide bonds. The van der Waals surface area contributed by atoms with E-state index in [1.54, 1.807) is 30.3 Å². The van der Waals surface area contributed by atoms with Crippen molar-refractivity contribution < 1.29 is 4.79 Å². The first-order chi connectivity index (χ1) is 7.22. The second-order valence-corrected chi connectivity index (χ2v) is 4.83. The number of thiophene rings is 1. The summed E-state index contributed by atoms with van der Waals surface area (Å²) in [6.07, 6.45) is 1.90. The van der Waals surface area contributed by atoms with E-state index in [2.05, 4.69) is 4.99 Å². The first kappa shape index (κ1) is 10.4. The zero-order valence-electron chi connectivity index (χ0n) is 8.43. The number of nitrogens with zero attached hydrogens (tertiary/aromatic N) is 2. The molecule has 0 N–H and O–H groups in total. The molecule has 1 aliphatic heterocycles. The Kier molecular flexibility index (Phi) is 2.93. The second kappa shape index (κ2) is 4.20. The molecule has 1 aliphatic rings. The number of hydrogen-bond donors (Lipinski definition) is 0. The number of carbonyl (C=O) groups excluding carboxylic acids is 1. The summed E-state index contributed by atoms with van der Waals surface area (Å²) >= 11 is 3.04. The quantitative estimate of drug-likeness (QED) is 0.703. The Hall–Kier alpha value is -1.07. The van der Waals surface area contributed by atoms with Gasteiger partial charge in [0.2, 0.25) is 0 Å². The van der Waals surface area contributed by atoms with E-state index in [-0.39, 0.29) is 5.91 Å². The highest BCUT2D eigenvalue weighted by Crippen LogP contribution is 2.31. The Morgan fingerprint density at radius 2 is 2.33 bits per heavy atom. The van der Waals surface area contributed by atoms with Gasteiger partial charge >= 0.3 is 0 Å². The molecule has 3 nitrogen and oxygen atoms in total. The summed E-state index contributed by atoms with van der Waals surface area (Å²) in [5.74, 6) is 0.0202. The molecule has 1 fully saturated rings. The van der Waals surface area contributed by atoms with Gasteiger partial charge in [-0.05, 0) is 40.2 Å². The first-order valence-corrected chi connectivity index (χ1v) is 6.15. The number of amidine groups is 1. The van der Waals surface area contributed by atoms with Crippen molar-refractivity contribution in [2.24, 2.45) is 4.99 Å². The summed E-state index contributed by atoms with van der Waals surface area (Å²) in [4.78, 5) is 18.1. The molecule has 0 saturated carbocycles. The van der Waals surface area contributed by atoms with Crippen LogP contribution in [0, 0.1) is 0 Å². The lowest BCUT2D eigenvalue weighted by Crippen LogP contribution is -2.23. The molecule has 0 spiro atoms. The highest BCUT2D eigenvalue weighted by atomic mass is 32.2. The first-order valence-electron chi connectivity index (χ1n) is 4.39. The highest BCUT2D eigenvalue weighted by molar-refractivity contribution is 8.18. The standard InChI is InChI=1S/C10H10N2OS2/c1-11-10-12(2)9(13)8(15-10)5-7-3-4-14-6-7/h3-6H,1-2H3. The van der Waals surface area contributed by atoms with E-state index in [1.165, 1.54) is 11.8 Å². The Morgan fingerprint density at radius 3 is 2.87 bits per heavy atom. The molecule has 2 rings (SSSR count). The van der Waals surface area contributed by atoms with Crippen LogP contribution in [0.3, 0.4) is 0 Å². The molecule has 5 heteroatoms. The Bertz CT molecular complexity index is 434. The fourth-order valence-corrected chi connectivity index (χ4v) is 2.80. The normalized spacial score (nSPS) is 22.0. The number of thioether (sulfide) groups is 1. The molecular weight excluding hydrogens is 228 g/mol. The summed E-state index contributed by atoms with van der Waals surface area (Å²) < 4.78 is 0. The van der Waals surface area contributed by atoms with Crippen LogP contribution in [0.1, 0.15) is 5.56 Å². The summed E-state index contributed by atoms with van der Waals surface area (Å²) in [7, 11) is 3.44. The van der Waals surface area contributed by atoms with Crippen LogP contribution < -0.4 is 0 Å². The number of hydrogen-bond acceptors (Lipinski definition) is 4. The predicted molar refractivity (Wildman–Crippen MR) is 66.0 cm³/mol. The van der Waals surface area contributed by atoms with Gasteiger partial charge in [0.15, 0.2) is 5.17 Å². The van der Waals surface area contributed by atoms with Crippen molar-refractivity contribution in [2.45, 2.75) is 0 Å². The summed E-state index contributed by atoms with van der Waals surface area (Å²) in [5.41, 5.74) is 1.07. The average Bonchev–Trinajstić information content (AvgIpc) is 2.82. The number of likely N-dealkylation sites (N-methyl/N-ethyl adjacent to an activating group) is 1. The van der Waals surface area contributed by atoms with Gasteiger partial charge in [0.25, 0.3) is 5.91 Å². The van der Waals surface area contributed by atoms with E-state index in [0.717, 1.165) is 15.6 Å². The SMILES string of the molecule is CN=C1SC(=Cc2ccsc2)C(=O)N1C. The van der Waals surface area contributed by atoms with Gasteiger partial charge in [-0.2, -0.15) is 11.3 Å². The molecular formula is C10H10N2OS2. The average molecular weight is 238 g/mol. The molecule has 0 unspecified atom stereocenters. The van der Waals surface area contributed by atoms with Gasteiger partial charge in [0.05, 0.1) is 4.91 Å². The summed E-state index contributed by atoms with van der Waals surface area (Å²) in [5, 5.41) is 4.76. The topological polar surface area (TPSA) is 32.7 Å². The monoisotopic (exact) mass is 238 g/mol. The van der Waals surface area contributed by atoms with Crippen molar-refractivity contribution in [3.63, 3.8) is 0 Å². The minimum absolute atomic E-state index is 0.0202. The maximum absolute atomic E-state index is 11.8. The van der Waals surface area contributed by atoms with Gasteiger partial charge < -0.3 is 0 Å². The van der Waals surface area contributed by atoms with Crippen LogP contribution in [-0.4, -0.2) is 30.1 Å². The fourth-order valence-electron chi connectivity index (χ4n) is 1.26. The van der Waals surface area contributed by atoms with E-state index in [9.17, 15) is 4.79 Å². The van der Waals surface area contributed by atoms with E-state index < -0.39 is 0 Å². The van der Waals surface area contributed by atoms with E-state index in [1.807, 2.05) is 22.9 Å². The molecule has 15 heavy (non-hydrogen) atoms. The minimum Gasteiger partial charge on any atom is -0.290 e. The smallest absolute Gasteiger partial charge is 0.266 e. The highest BCUT2D eigenvalue weighted by Gasteiger charge is 2.29. The molecule has 0 aromatic carbocycles. The third-order valence-corrected chi connectivity index (χ3v) is 3.89. The lowest BCUT2D eigenvalue weighted by molar-refractivity contribution is -0.121. The fraction of sp³-hybridized carbons (Fsp3) is 0.200. The van der Waals surface area contributed by atoms with Crippen molar-refractivity contribution in [1.82, 2.24) is 4.90 Å². The molecule has 1 aromatic heterocycles. The van der Waals surface area contributed by atoms with E-state index >= 15 is 0 Å². The number of amides is 1. The zero-order valence-corrected chi connectivity index (χ0v) is 10.1. The van der Waals surface area contributed by atoms with Crippen LogP contribution in [0.2, 0.25) is 0 Å². The van der Waals surface area contributed by atoms with Gasteiger partial charge in [-0.3, -0.25) is 14.7 Å². The Balaban J connectivity index is 2.30. The largest absolute Gasteiger partial charge is 0.290 e. The lowest BCUT2D eigenvalue weighted by atomic mass is 10.3. The third-order valence-electron chi connectivity index (χ3n) is 2.04. The lowest BCUT2D eigenvalue weighted by Gasteiger charge is -2.04. The van der Waals surface area contributed by atoms with Crippen LogP contribution in [0.15, 0.2) is 26.7 Å². The van der Waals surface area contributed by atoms with Gasteiger partial charge in [-0.1, -0.05) is 0 Å². The molecule has 0 radical (unpaired) electrons. The molecule has 1 aromatic rings. The van der Waals surface area contributed by atoms with Crippen molar-refractivity contribution in [1.29, 1.82) is 0 Å². The van der Waals surface area contributed by atoms with Crippen LogP contribution in [0.5, 0.6) is 0 Å². The van der Waals surface area contributed by atoms with Crippen LogP contribution in [-0.2, 0) is 4.79 Å². The van der Waals surface area contributed by atoms with Crippen LogP contribution in [0.25, 0.3) is 6.08 Å². The Morgan fingerprint density at radius 1 is 1.53 bits per heavy atom. The van der Waals surface area contributed by atoms with Crippen molar-refractivity contribution >= 4 is 40.2 Å². The van der Waals surface area contributed by atoms with Gasteiger partial charge in [0, 0.05) is 14.1 Å². The number of rotatable bonds is 1. The van der Waals surface area contributed by atoms with E-state index in [4.69, 9.17) is 0 Å². The zero-order chi connectivity index (χ0) is 10.8. The van der Waals surface area contributed by atoms with Crippen molar-refractivity contribution in [3.8, 4) is 0 Å². The van der Waals surface area contributed by atoms with Crippen LogP contribution in [0.4, 0.5) is 0 Å². The predicted octanol–water partition coefficient (Wildman–Crippen LogP) is 2.28. The van der Waals surface area contributed by atoms with Gasteiger partial charge in [-0.25, -0.2) is 0 Å². The molecule has 2 heterocycles. The maximum Gasteiger partial charge on any atom is 0.266 e. The van der Waals surface area contributed by atoms with E-state index in [0.29, 0.717) is 0 Å². The molecule has 78 valence electrons. The summed E-state index contributed by atoms with van der Waals surface area (Å²) in [6, 6.07) is 1.99. The molecule has 0 atom stereocenters. The molecule has 0 aliphatic carbocycles. The molecule has 1 saturated heterocycles. The van der Waals surface area contributed by atoms with Crippen LogP contribution >= 0.6 is 23.1 Å². The minimum atomic E-state index is 0.0202. The third kappa shape index (κ3) is 1.98. The summed E-state index contributed by atoms with van der Waals surface area (Å²) in [6.45, 7) is 0. The number of aliphatic imine (C=N–C) groups is 1. The van der Waals surface area contributed by atoms with Crippen molar-refractivity contribution in [3.05, 3.63) is 27.3 Å². The van der Waals surface area contributed by atoms with Gasteiger partial charge in [-0.15, -0.1) is 0 Å². The maximum atomic E-state index is 11.8. The Labute approximate surface area is 96.5 Å². The van der Waals surface area contributed by atoms with Gasteiger partial charge in [0.1, 0.15) is 0 Å². The second-order valence-electron chi connectivity index (χ2n) is 3.04. The molecule has 0 bridgehead atoms. The number of carbonyl (C=O) groups is 1. The van der Waals surface area contributed by atoms with Crippen molar-refractivity contribution in [2.75, 3.05) is 14.1 Å².